The molecule has 2 N–H and O–H groups in total. The van der Waals surface area contributed by atoms with Crippen LogP contribution in [-0.4, -0.2) is 25.4 Å². The predicted octanol–water partition coefficient (Wildman–Crippen LogP) is 0.874. The van der Waals surface area contributed by atoms with E-state index in [4.69, 9.17) is 9.84 Å². The number of rotatable bonds is 3. The van der Waals surface area contributed by atoms with Gasteiger partial charge in [-0.05, 0) is 24.2 Å². The summed E-state index contributed by atoms with van der Waals surface area (Å²) in [6.45, 7) is 0.886. The van der Waals surface area contributed by atoms with Gasteiger partial charge >= 0.3 is 0 Å². The van der Waals surface area contributed by atoms with Crippen LogP contribution in [0.3, 0.4) is 0 Å². The van der Waals surface area contributed by atoms with E-state index >= 15 is 0 Å². The van der Waals surface area contributed by atoms with Crippen LogP contribution in [0.1, 0.15) is 17.2 Å². The molecule has 0 amide bonds. The van der Waals surface area contributed by atoms with Crippen LogP contribution in [0, 0.1) is 0 Å². The van der Waals surface area contributed by atoms with Gasteiger partial charge in [0.2, 0.25) is 0 Å². The molecule has 2 rings (SSSR count). The lowest BCUT2D eigenvalue weighted by atomic mass is 10.0. The molecule has 0 bridgehead atoms. The van der Waals surface area contributed by atoms with Crippen molar-refractivity contribution in [2.45, 2.75) is 12.5 Å². The van der Waals surface area contributed by atoms with Crippen molar-refractivity contribution in [1.29, 1.82) is 0 Å². The van der Waals surface area contributed by atoms with E-state index in [2.05, 4.69) is 11.4 Å². The van der Waals surface area contributed by atoms with Gasteiger partial charge in [-0.3, -0.25) is 0 Å². The SMILES string of the molecule is CNC(CO)c1ccc2c(c1)OCC2. The molecule has 3 nitrogen and oxygen atoms in total. The van der Waals surface area contributed by atoms with E-state index in [1.54, 1.807) is 0 Å². The Morgan fingerprint density at radius 3 is 3.14 bits per heavy atom. The summed E-state index contributed by atoms with van der Waals surface area (Å²) in [5.74, 6) is 0.969. The topological polar surface area (TPSA) is 41.5 Å². The average Bonchev–Trinajstić information content (AvgIpc) is 2.66. The van der Waals surface area contributed by atoms with Crippen LogP contribution in [-0.2, 0) is 6.42 Å². The highest BCUT2D eigenvalue weighted by atomic mass is 16.5. The number of fused-ring (bicyclic) bond motifs is 1. The van der Waals surface area contributed by atoms with Crippen molar-refractivity contribution in [3.63, 3.8) is 0 Å². The summed E-state index contributed by atoms with van der Waals surface area (Å²) < 4.78 is 5.47. The molecule has 0 radical (unpaired) electrons. The van der Waals surface area contributed by atoms with Crippen molar-refractivity contribution in [3.05, 3.63) is 29.3 Å². The molecule has 1 aromatic rings. The van der Waals surface area contributed by atoms with Crippen LogP contribution in [0.2, 0.25) is 0 Å². The van der Waals surface area contributed by atoms with Crippen molar-refractivity contribution in [1.82, 2.24) is 5.32 Å². The number of hydrogen-bond acceptors (Lipinski definition) is 3. The normalized spacial score (nSPS) is 16.1. The molecule has 1 unspecified atom stereocenters. The smallest absolute Gasteiger partial charge is 0.122 e. The second-order valence-electron chi connectivity index (χ2n) is 3.49. The fourth-order valence-electron chi connectivity index (χ4n) is 1.76. The molecule has 1 aliphatic rings. The fourth-order valence-corrected chi connectivity index (χ4v) is 1.76. The van der Waals surface area contributed by atoms with Gasteiger partial charge in [0.15, 0.2) is 0 Å². The zero-order valence-corrected chi connectivity index (χ0v) is 8.29. The number of aliphatic hydroxyl groups is 1. The number of benzene rings is 1. The van der Waals surface area contributed by atoms with E-state index < -0.39 is 0 Å². The van der Waals surface area contributed by atoms with E-state index in [9.17, 15) is 0 Å². The summed E-state index contributed by atoms with van der Waals surface area (Å²) in [4.78, 5) is 0. The van der Waals surface area contributed by atoms with Gasteiger partial charge in [0.25, 0.3) is 0 Å². The molecule has 76 valence electrons. The molecule has 1 atom stereocenters. The molecule has 0 aromatic heterocycles. The molecular formula is C11H15NO2. The van der Waals surface area contributed by atoms with Gasteiger partial charge in [-0.1, -0.05) is 12.1 Å². The van der Waals surface area contributed by atoms with Crippen molar-refractivity contribution < 1.29 is 9.84 Å². The Morgan fingerprint density at radius 2 is 2.43 bits per heavy atom. The first-order chi connectivity index (χ1) is 6.85. The van der Waals surface area contributed by atoms with Gasteiger partial charge in [0.1, 0.15) is 5.75 Å². The monoisotopic (exact) mass is 193 g/mol. The van der Waals surface area contributed by atoms with Crippen LogP contribution in [0.4, 0.5) is 0 Å². The molecule has 0 saturated carbocycles. The lowest BCUT2D eigenvalue weighted by Crippen LogP contribution is -2.19. The minimum Gasteiger partial charge on any atom is -0.493 e. The maximum atomic E-state index is 9.12. The molecule has 14 heavy (non-hydrogen) atoms. The van der Waals surface area contributed by atoms with Crippen LogP contribution < -0.4 is 10.1 Å². The molecule has 0 aliphatic carbocycles. The van der Waals surface area contributed by atoms with E-state index in [0.29, 0.717) is 0 Å². The van der Waals surface area contributed by atoms with Gasteiger partial charge < -0.3 is 15.2 Å². The third kappa shape index (κ3) is 1.61. The largest absolute Gasteiger partial charge is 0.493 e. The van der Waals surface area contributed by atoms with Gasteiger partial charge in [-0.25, -0.2) is 0 Å². The van der Waals surface area contributed by atoms with E-state index in [0.717, 1.165) is 24.3 Å². The highest BCUT2D eigenvalue weighted by Gasteiger charge is 2.15. The molecule has 1 aliphatic heterocycles. The van der Waals surface area contributed by atoms with E-state index in [1.165, 1.54) is 5.56 Å². The number of aliphatic hydroxyl groups excluding tert-OH is 1. The first kappa shape index (κ1) is 9.49. The van der Waals surface area contributed by atoms with E-state index in [-0.39, 0.29) is 12.6 Å². The zero-order valence-electron chi connectivity index (χ0n) is 8.29. The molecule has 1 heterocycles. The Hall–Kier alpha value is -1.06. The van der Waals surface area contributed by atoms with Crippen molar-refractivity contribution in [2.24, 2.45) is 0 Å². The summed E-state index contributed by atoms with van der Waals surface area (Å²) in [5.41, 5.74) is 2.34. The fraction of sp³-hybridized carbons (Fsp3) is 0.455. The average molecular weight is 193 g/mol. The minimum absolute atomic E-state index is 0.00417. The Kier molecular flexibility index (Phi) is 2.70. The van der Waals surface area contributed by atoms with Gasteiger partial charge in [0, 0.05) is 6.42 Å². The van der Waals surface area contributed by atoms with Crippen molar-refractivity contribution in [3.8, 4) is 5.75 Å². The number of nitrogens with one attached hydrogen (secondary N) is 1. The molecule has 3 heteroatoms. The number of hydrogen-bond donors (Lipinski definition) is 2. The highest BCUT2D eigenvalue weighted by Crippen LogP contribution is 2.28. The Balaban J connectivity index is 2.27. The summed E-state index contributed by atoms with van der Waals surface area (Å²) in [6, 6.07) is 6.15. The standard InChI is InChI=1S/C11H15NO2/c1-12-10(7-13)9-3-2-8-4-5-14-11(8)6-9/h2-3,6,10,12-13H,4-5,7H2,1H3. The van der Waals surface area contributed by atoms with Crippen LogP contribution in [0.25, 0.3) is 0 Å². The van der Waals surface area contributed by atoms with Gasteiger partial charge in [0.05, 0.1) is 19.3 Å². The third-order valence-corrected chi connectivity index (χ3v) is 2.65. The lowest BCUT2D eigenvalue weighted by Gasteiger charge is -2.14. The maximum absolute atomic E-state index is 9.12. The predicted molar refractivity (Wildman–Crippen MR) is 54.5 cm³/mol. The first-order valence-electron chi connectivity index (χ1n) is 4.89. The van der Waals surface area contributed by atoms with Gasteiger partial charge in [-0.2, -0.15) is 0 Å². The summed E-state index contributed by atoms with van der Waals surface area (Å²) >= 11 is 0. The van der Waals surface area contributed by atoms with E-state index in [1.807, 2.05) is 19.2 Å². The Morgan fingerprint density at radius 1 is 1.57 bits per heavy atom. The second kappa shape index (κ2) is 3.98. The summed E-state index contributed by atoms with van der Waals surface area (Å²) in [5, 5.41) is 12.2. The molecule has 1 aromatic carbocycles. The molecular weight excluding hydrogens is 178 g/mol. The number of ether oxygens (including phenoxy) is 1. The first-order valence-corrected chi connectivity index (χ1v) is 4.89. The molecule has 0 spiro atoms. The summed E-state index contributed by atoms with van der Waals surface area (Å²) in [6.07, 6.45) is 0.999. The Labute approximate surface area is 83.7 Å². The summed E-state index contributed by atoms with van der Waals surface area (Å²) in [7, 11) is 1.84. The van der Waals surface area contributed by atoms with Crippen LogP contribution in [0.5, 0.6) is 5.75 Å². The van der Waals surface area contributed by atoms with Crippen LogP contribution >= 0.6 is 0 Å². The van der Waals surface area contributed by atoms with Crippen molar-refractivity contribution >= 4 is 0 Å². The van der Waals surface area contributed by atoms with Crippen molar-refractivity contribution in [2.75, 3.05) is 20.3 Å². The highest BCUT2D eigenvalue weighted by molar-refractivity contribution is 5.41. The molecule has 0 fully saturated rings. The second-order valence-corrected chi connectivity index (χ2v) is 3.49. The van der Waals surface area contributed by atoms with Crippen LogP contribution in [0.15, 0.2) is 18.2 Å². The maximum Gasteiger partial charge on any atom is 0.122 e. The minimum atomic E-state index is 0.00417. The quantitative estimate of drug-likeness (QED) is 0.748. The van der Waals surface area contributed by atoms with Gasteiger partial charge in [-0.15, -0.1) is 0 Å². The molecule has 0 saturated heterocycles. The number of likely N-dealkylation sites (N-methyl/N-ethyl adjacent to an activating group) is 1. The zero-order chi connectivity index (χ0) is 9.97. The Bertz CT molecular complexity index is 321. The third-order valence-electron chi connectivity index (χ3n) is 2.65. The lowest BCUT2D eigenvalue weighted by molar-refractivity contribution is 0.250.